The van der Waals surface area contributed by atoms with Crippen LogP contribution in [0.1, 0.15) is 65.2 Å². The number of benzene rings is 2. The highest BCUT2D eigenvalue weighted by atomic mass is 28.3. The number of nitrogens with zero attached hydrogens (tertiary/aromatic N) is 2. The van der Waals surface area contributed by atoms with Crippen LogP contribution in [-0.2, 0) is 29.1 Å². The Hall–Kier alpha value is -3.70. The zero-order valence-electron chi connectivity index (χ0n) is 27.9. The highest BCUT2D eigenvalue weighted by Gasteiger charge is 2.44. The van der Waals surface area contributed by atoms with Crippen LogP contribution in [0.25, 0.3) is 0 Å². The van der Waals surface area contributed by atoms with Crippen LogP contribution >= 0.6 is 0 Å². The Morgan fingerprint density at radius 2 is 1.57 bits per heavy atom. The fraction of sp³-hybridized carbons (Fsp3) is 0.472. The molecular weight excluding hydrogens is 625 g/mol. The van der Waals surface area contributed by atoms with E-state index in [1.807, 2.05) is 43.3 Å². The minimum absolute atomic E-state index is 0.0292. The highest BCUT2D eigenvalue weighted by molar-refractivity contribution is 6.76. The number of aryl methyl sites for hydroxylation is 2. The lowest BCUT2D eigenvalue weighted by molar-refractivity contribution is -0.172. The fourth-order valence-corrected chi connectivity index (χ4v) is 6.41. The molecule has 0 saturated heterocycles. The molecule has 254 valence electrons. The molecule has 0 unspecified atom stereocenters. The van der Waals surface area contributed by atoms with E-state index in [1.165, 1.54) is 17.0 Å². The first-order chi connectivity index (χ1) is 22.2. The van der Waals surface area contributed by atoms with E-state index in [9.17, 15) is 27.6 Å². The van der Waals surface area contributed by atoms with Gasteiger partial charge >= 0.3 is 6.18 Å². The molecule has 1 amide bonds. The van der Waals surface area contributed by atoms with Crippen molar-refractivity contribution < 1.29 is 32.2 Å². The van der Waals surface area contributed by atoms with Gasteiger partial charge in [-0.05, 0) is 54.5 Å². The van der Waals surface area contributed by atoms with Crippen molar-refractivity contribution in [1.29, 1.82) is 0 Å². The molecule has 0 radical (unpaired) electrons. The maximum atomic E-state index is 14.3. The van der Waals surface area contributed by atoms with E-state index in [-0.39, 0.29) is 19.1 Å². The number of hydrogen-bond acceptors (Lipinski definition) is 5. The number of unbranched alkanes of at least 4 members (excludes halogenated alkanes) is 1. The molecule has 3 aromatic rings. The van der Waals surface area contributed by atoms with Crippen molar-refractivity contribution in [2.24, 2.45) is 0 Å². The molecule has 47 heavy (non-hydrogen) atoms. The molecule has 0 N–H and O–H groups in total. The molecule has 0 saturated carbocycles. The van der Waals surface area contributed by atoms with Gasteiger partial charge in [-0.2, -0.15) is 13.2 Å². The summed E-state index contributed by atoms with van der Waals surface area (Å²) in [6.45, 7) is 9.17. The molecule has 4 rings (SSSR count). The Bertz CT molecular complexity index is 1570. The van der Waals surface area contributed by atoms with E-state index in [0.717, 1.165) is 30.5 Å². The monoisotopic (exact) mass is 670 g/mol. The van der Waals surface area contributed by atoms with Gasteiger partial charge in [0, 0.05) is 20.9 Å². The second kappa shape index (κ2) is 15.5. The van der Waals surface area contributed by atoms with Crippen molar-refractivity contribution in [3.05, 3.63) is 99.0 Å². The van der Waals surface area contributed by atoms with Gasteiger partial charge in [-0.15, -0.1) is 0 Å². The van der Waals surface area contributed by atoms with Crippen LogP contribution in [0, 0.1) is 0 Å². The molecule has 1 aromatic heterocycles. The Morgan fingerprint density at radius 3 is 2.13 bits per heavy atom. The lowest BCUT2D eigenvalue weighted by Crippen LogP contribution is -2.51. The number of ether oxygens (including phenoxy) is 2. The fourth-order valence-electron chi connectivity index (χ4n) is 5.65. The quantitative estimate of drug-likeness (QED) is 0.134. The second-order valence-electron chi connectivity index (χ2n) is 13.4. The Kier molecular flexibility index (Phi) is 11.9. The number of carbonyl (C=O) groups is 2. The lowest BCUT2D eigenvalue weighted by atomic mass is 9.84. The molecule has 11 heteroatoms. The Balaban J connectivity index is 1.73. The third-order valence-corrected chi connectivity index (χ3v) is 10.2. The predicted molar refractivity (Wildman–Crippen MR) is 179 cm³/mol. The summed E-state index contributed by atoms with van der Waals surface area (Å²) in [7, 11) is -1.40. The summed E-state index contributed by atoms with van der Waals surface area (Å²) in [5.74, 6) is -2.79. The number of amides is 1. The van der Waals surface area contributed by atoms with Gasteiger partial charge in [0.05, 0.1) is 25.3 Å². The van der Waals surface area contributed by atoms with Gasteiger partial charge in [-0.1, -0.05) is 81.5 Å². The predicted octanol–water partition coefficient (Wildman–Crippen LogP) is 7.23. The zero-order chi connectivity index (χ0) is 34.4. The van der Waals surface area contributed by atoms with Crippen LogP contribution in [0.15, 0.2) is 65.7 Å². The summed E-state index contributed by atoms with van der Waals surface area (Å²) in [5.41, 5.74) is 1.92. The van der Waals surface area contributed by atoms with Crippen molar-refractivity contribution >= 4 is 19.8 Å². The van der Waals surface area contributed by atoms with E-state index in [1.54, 1.807) is 12.1 Å². The van der Waals surface area contributed by atoms with Gasteiger partial charge in [0.1, 0.15) is 18.3 Å². The van der Waals surface area contributed by atoms with Crippen molar-refractivity contribution in [2.75, 3.05) is 19.8 Å². The molecule has 1 aliphatic carbocycles. The van der Waals surface area contributed by atoms with Gasteiger partial charge in [0.15, 0.2) is 11.5 Å². The van der Waals surface area contributed by atoms with Crippen LogP contribution in [0.3, 0.4) is 0 Å². The Morgan fingerprint density at radius 1 is 0.979 bits per heavy atom. The highest BCUT2D eigenvalue weighted by Crippen LogP contribution is 2.36. The minimum Gasteiger partial charge on any atom is -0.488 e. The number of alkyl halides is 3. The van der Waals surface area contributed by atoms with Crippen LogP contribution in [0.2, 0.25) is 25.7 Å². The summed E-state index contributed by atoms with van der Waals surface area (Å²) >= 11 is 0. The van der Waals surface area contributed by atoms with E-state index in [2.05, 4.69) is 19.6 Å². The molecule has 1 atom stereocenters. The number of fused-ring (bicyclic) bond motifs is 2. The van der Waals surface area contributed by atoms with Gasteiger partial charge in [0.2, 0.25) is 5.43 Å². The smallest absolute Gasteiger partial charge is 0.408 e. The minimum atomic E-state index is -4.86. The topological polar surface area (TPSA) is 77.8 Å². The number of aromatic nitrogens is 1. The van der Waals surface area contributed by atoms with E-state index < -0.39 is 55.4 Å². The molecular formula is C36H45F3N2O5Si. The standard InChI is InChI=1S/C36H45F3N2O5Si/c1-6-7-18-46-32-23-40(24-45-19-20-47(3,4)5)21-30(34(32)43)35(44)41(25(2)36(37,38)39)22-31(42)33-28-14-10-8-12-26(28)16-17-27-13-9-11-15-29(27)33/h8-15,21,23,25,33H,6-7,16-20,22,24H2,1-5H3/t25-/m1/s1. The summed E-state index contributed by atoms with van der Waals surface area (Å²) in [6, 6.07) is 13.3. The van der Waals surface area contributed by atoms with Crippen molar-refractivity contribution in [1.82, 2.24) is 9.47 Å². The average molecular weight is 671 g/mol. The third-order valence-electron chi connectivity index (χ3n) is 8.52. The van der Waals surface area contributed by atoms with Gasteiger partial charge in [-0.3, -0.25) is 14.4 Å². The maximum absolute atomic E-state index is 14.3. The molecule has 0 bridgehead atoms. The number of rotatable bonds is 14. The van der Waals surface area contributed by atoms with Crippen molar-refractivity contribution in [2.45, 2.75) is 90.1 Å². The number of hydrogen-bond donors (Lipinski definition) is 0. The number of Topliss-reactive ketones (excluding diaryl/α,β-unsaturated/α-hetero) is 1. The maximum Gasteiger partial charge on any atom is 0.408 e. The zero-order valence-corrected chi connectivity index (χ0v) is 28.9. The number of pyridine rings is 1. The van der Waals surface area contributed by atoms with Crippen molar-refractivity contribution in [3.8, 4) is 5.75 Å². The molecule has 0 spiro atoms. The molecule has 0 fully saturated rings. The van der Waals surface area contributed by atoms with Crippen LogP contribution in [0.4, 0.5) is 13.2 Å². The summed E-state index contributed by atoms with van der Waals surface area (Å²) in [4.78, 5) is 42.4. The average Bonchev–Trinajstić information content (AvgIpc) is 3.18. The molecule has 1 heterocycles. The number of ketones is 1. The third kappa shape index (κ3) is 9.22. The number of halogens is 3. The van der Waals surface area contributed by atoms with E-state index in [0.29, 0.717) is 41.9 Å². The normalized spacial score (nSPS) is 14.1. The molecule has 2 aromatic carbocycles. The SMILES string of the molecule is CCCCOc1cn(COCC[Si](C)(C)C)cc(C(=O)N(CC(=O)C2c3ccccc3CCc3ccccc32)[C@H](C)C(F)(F)F)c1=O. The first-order valence-electron chi connectivity index (χ1n) is 16.2. The first kappa shape index (κ1) is 36.1. The molecule has 1 aliphatic rings. The van der Waals surface area contributed by atoms with Crippen LogP contribution in [0.5, 0.6) is 5.75 Å². The molecule has 0 aliphatic heterocycles. The molecule has 7 nitrogen and oxygen atoms in total. The van der Waals surface area contributed by atoms with E-state index in [4.69, 9.17) is 9.47 Å². The van der Waals surface area contributed by atoms with Gasteiger partial charge < -0.3 is 18.9 Å². The first-order valence-corrected chi connectivity index (χ1v) is 19.9. The largest absolute Gasteiger partial charge is 0.488 e. The second-order valence-corrected chi connectivity index (χ2v) is 19.0. The summed E-state index contributed by atoms with van der Waals surface area (Å²) in [6.07, 6.45) is 0.517. The summed E-state index contributed by atoms with van der Waals surface area (Å²) < 4.78 is 56.0. The van der Waals surface area contributed by atoms with Gasteiger partial charge in [-0.25, -0.2) is 0 Å². The van der Waals surface area contributed by atoms with E-state index >= 15 is 0 Å². The summed E-state index contributed by atoms with van der Waals surface area (Å²) in [5, 5.41) is 0. The van der Waals surface area contributed by atoms with Crippen molar-refractivity contribution in [3.63, 3.8) is 0 Å². The van der Waals surface area contributed by atoms with Crippen LogP contribution in [-0.4, -0.2) is 61.2 Å². The van der Waals surface area contributed by atoms with Gasteiger partial charge in [0.25, 0.3) is 5.91 Å². The van der Waals surface area contributed by atoms with Crippen LogP contribution < -0.4 is 10.2 Å². The Labute approximate surface area is 275 Å². The number of carbonyl (C=O) groups excluding carboxylic acids is 2. The lowest BCUT2D eigenvalue weighted by Gasteiger charge is -2.32.